The lowest BCUT2D eigenvalue weighted by Gasteiger charge is -2.19. The summed E-state index contributed by atoms with van der Waals surface area (Å²) in [6, 6.07) is 11.4. The largest absolute Gasteiger partial charge is 0.396 e. The van der Waals surface area contributed by atoms with Crippen LogP contribution in [0.3, 0.4) is 0 Å². The third kappa shape index (κ3) is 3.28. The summed E-state index contributed by atoms with van der Waals surface area (Å²) >= 11 is 0. The number of aromatic nitrogens is 3. The van der Waals surface area contributed by atoms with Gasteiger partial charge in [-0.3, -0.25) is 4.79 Å². The van der Waals surface area contributed by atoms with Gasteiger partial charge in [-0.2, -0.15) is 5.10 Å². The van der Waals surface area contributed by atoms with Crippen LogP contribution in [0.25, 0.3) is 5.65 Å². The molecule has 0 aliphatic rings. The van der Waals surface area contributed by atoms with Crippen LogP contribution >= 0.6 is 0 Å². The molecule has 0 aliphatic heterocycles. The van der Waals surface area contributed by atoms with Gasteiger partial charge in [-0.15, -0.1) is 0 Å². The number of nitrogens with one attached hydrogen (secondary N) is 1. The third-order valence-corrected chi connectivity index (χ3v) is 3.96. The lowest BCUT2D eigenvalue weighted by Crippen LogP contribution is -2.29. The maximum absolute atomic E-state index is 12.8. The van der Waals surface area contributed by atoms with Gasteiger partial charge in [0, 0.05) is 19.0 Å². The van der Waals surface area contributed by atoms with Crippen molar-refractivity contribution in [2.45, 2.75) is 25.8 Å². The summed E-state index contributed by atoms with van der Waals surface area (Å²) in [6.07, 6.45) is 4.70. The summed E-state index contributed by atoms with van der Waals surface area (Å²) < 4.78 is 1.61. The molecule has 3 rings (SSSR count). The summed E-state index contributed by atoms with van der Waals surface area (Å²) in [5, 5.41) is 16.5. The van der Waals surface area contributed by atoms with E-state index in [4.69, 9.17) is 5.11 Å². The van der Waals surface area contributed by atoms with Crippen LogP contribution in [0.4, 0.5) is 0 Å². The molecule has 24 heavy (non-hydrogen) atoms. The molecule has 0 radical (unpaired) electrons. The Morgan fingerprint density at radius 1 is 1.29 bits per heavy atom. The lowest BCUT2D eigenvalue weighted by molar-refractivity contribution is 0.0933. The van der Waals surface area contributed by atoms with Gasteiger partial charge in [0.15, 0.2) is 5.65 Å². The highest BCUT2D eigenvalue weighted by Crippen LogP contribution is 2.20. The maximum atomic E-state index is 12.8. The van der Waals surface area contributed by atoms with Gasteiger partial charge in [-0.05, 0) is 31.4 Å². The first-order chi connectivity index (χ1) is 11.7. The van der Waals surface area contributed by atoms with E-state index in [1.54, 1.807) is 29.9 Å². The molecule has 124 valence electrons. The number of aliphatic hydroxyl groups excluding tert-OH is 1. The Balaban J connectivity index is 1.88. The molecule has 2 N–H and O–H groups in total. The van der Waals surface area contributed by atoms with E-state index < -0.39 is 0 Å². The number of nitrogens with zero attached hydrogens (tertiary/aromatic N) is 3. The standard InChI is InChI=1S/C18H20N4O2/c1-13-16(17-19-10-6-11-22(17)21-13)18(24)20-15(9-5-12-23)14-7-3-2-4-8-14/h2-4,6-8,10-11,15,23H,5,9,12H2,1H3,(H,20,24). The van der Waals surface area contributed by atoms with Gasteiger partial charge in [0.1, 0.15) is 5.56 Å². The molecule has 0 spiro atoms. The van der Waals surface area contributed by atoms with Crippen LogP contribution < -0.4 is 5.32 Å². The molecule has 1 aromatic carbocycles. The Kier molecular flexibility index (Phi) is 4.86. The van der Waals surface area contributed by atoms with E-state index in [0.29, 0.717) is 29.7 Å². The van der Waals surface area contributed by atoms with Crippen molar-refractivity contribution in [1.82, 2.24) is 19.9 Å². The van der Waals surface area contributed by atoms with Crippen molar-refractivity contribution in [1.29, 1.82) is 0 Å². The van der Waals surface area contributed by atoms with Crippen molar-refractivity contribution >= 4 is 11.6 Å². The van der Waals surface area contributed by atoms with E-state index in [1.807, 2.05) is 30.3 Å². The number of benzene rings is 1. The topological polar surface area (TPSA) is 79.5 Å². The Labute approximate surface area is 140 Å². The summed E-state index contributed by atoms with van der Waals surface area (Å²) in [6.45, 7) is 1.89. The molecule has 3 aromatic rings. The third-order valence-electron chi connectivity index (χ3n) is 3.96. The Morgan fingerprint density at radius 3 is 2.83 bits per heavy atom. The Bertz CT molecular complexity index is 829. The highest BCUT2D eigenvalue weighted by Gasteiger charge is 2.21. The maximum Gasteiger partial charge on any atom is 0.257 e. The zero-order chi connectivity index (χ0) is 16.9. The molecule has 0 fully saturated rings. The number of aliphatic hydroxyl groups is 1. The molecule has 6 nitrogen and oxygen atoms in total. The van der Waals surface area contributed by atoms with Crippen LogP contribution in [-0.2, 0) is 0 Å². The second kappa shape index (κ2) is 7.23. The fraction of sp³-hybridized carbons (Fsp3) is 0.278. The number of rotatable bonds is 6. The molecule has 0 saturated carbocycles. The van der Waals surface area contributed by atoms with Crippen molar-refractivity contribution in [3.05, 3.63) is 65.6 Å². The summed E-state index contributed by atoms with van der Waals surface area (Å²) in [5.41, 5.74) is 2.68. The van der Waals surface area contributed by atoms with Gasteiger partial charge in [0.25, 0.3) is 5.91 Å². The van der Waals surface area contributed by atoms with Gasteiger partial charge in [0.2, 0.25) is 0 Å². The predicted molar refractivity (Wildman–Crippen MR) is 90.7 cm³/mol. The monoisotopic (exact) mass is 324 g/mol. The second-order valence-corrected chi connectivity index (χ2v) is 5.65. The highest BCUT2D eigenvalue weighted by molar-refractivity contribution is 6.01. The van der Waals surface area contributed by atoms with Crippen molar-refractivity contribution in [3.63, 3.8) is 0 Å². The number of aryl methyl sites for hydroxylation is 1. The van der Waals surface area contributed by atoms with Crippen molar-refractivity contribution < 1.29 is 9.90 Å². The fourth-order valence-electron chi connectivity index (χ4n) is 2.80. The average Bonchev–Trinajstić information content (AvgIpc) is 2.95. The first-order valence-corrected chi connectivity index (χ1v) is 7.97. The highest BCUT2D eigenvalue weighted by atomic mass is 16.3. The lowest BCUT2D eigenvalue weighted by atomic mass is 10.0. The number of carbonyl (C=O) groups excluding carboxylic acids is 1. The van der Waals surface area contributed by atoms with Gasteiger partial charge in [-0.1, -0.05) is 30.3 Å². The summed E-state index contributed by atoms with van der Waals surface area (Å²) in [5.74, 6) is -0.201. The average molecular weight is 324 g/mol. The minimum absolute atomic E-state index is 0.0938. The zero-order valence-electron chi connectivity index (χ0n) is 13.5. The summed E-state index contributed by atoms with van der Waals surface area (Å²) in [7, 11) is 0. The van der Waals surface area contributed by atoms with E-state index in [1.165, 1.54) is 0 Å². The second-order valence-electron chi connectivity index (χ2n) is 5.65. The summed E-state index contributed by atoms with van der Waals surface area (Å²) in [4.78, 5) is 17.1. The minimum Gasteiger partial charge on any atom is -0.396 e. The predicted octanol–water partition coefficient (Wildman–Crippen LogP) is 2.28. The molecule has 0 saturated heterocycles. The SMILES string of the molecule is Cc1nn2cccnc2c1C(=O)NC(CCCO)c1ccccc1. The Hall–Kier alpha value is -2.73. The van der Waals surface area contributed by atoms with Crippen LogP contribution in [0.15, 0.2) is 48.8 Å². The molecule has 2 heterocycles. The number of hydrogen-bond acceptors (Lipinski definition) is 4. The molecule has 2 aromatic heterocycles. The smallest absolute Gasteiger partial charge is 0.257 e. The van der Waals surface area contributed by atoms with Crippen LogP contribution in [0, 0.1) is 6.92 Å². The first kappa shape index (κ1) is 16.1. The van der Waals surface area contributed by atoms with Crippen LogP contribution in [0.5, 0.6) is 0 Å². The van der Waals surface area contributed by atoms with Crippen LogP contribution in [0.2, 0.25) is 0 Å². The number of hydrogen-bond donors (Lipinski definition) is 2. The van der Waals surface area contributed by atoms with E-state index in [9.17, 15) is 4.79 Å². The van der Waals surface area contributed by atoms with E-state index in [0.717, 1.165) is 5.56 Å². The molecular formula is C18H20N4O2. The van der Waals surface area contributed by atoms with Gasteiger partial charge in [-0.25, -0.2) is 9.50 Å². The molecule has 0 aliphatic carbocycles. The molecule has 0 bridgehead atoms. The molecule has 1 unspecified atom stereocenters. The zero-order valence-corrected chi connectivity index (χ0v) is 13.5. The van der Waals surface area contributed by atoms with Crippen LogP contribution in [-0.4, -0.2) is 32.2 Å². The number of fused-ring (bicyclic) bond motifs is 1. The number of amides is 1. The van der Waals surface area contributed by atoms with Crippen LogP contribution in [0.1, 0.15) is 40.5 Å². The fourth-order valence-corrected chi connectivity index (χ4v) is 2.80. The van der Waals surface area contributed by atoms with E-state index >= 15 is 0 Å². The normalized spacial score (nSPS) is 12.2. The van der Waals surface area contributed by atoms with E-state index in [2.05, 4.69) is 15.4 Å². The van der Waals surface area contributed by atoms with Crippen molar-refractivity contribution in [3.8, 4) is 0 Å². The van der Waals surface area contributed by atoms with E-state index in [-0.39, 0.29) is 18.6 Å². The Morgan fingerprint density at radius 2 is 2.08 bits per heavy atom. The quantitative estimate of drug-likeness (QED) is 0.729. The molecule has 6 heteroatoms. The van der Waals surface area contributed by atoms with Gasteiger partial charge in [0.05, 0.1) is 11.7 Å². The van der Waals surface area contributed by atoms with Crippen molar-refractivity contribution in [2.75, 3.05) is 6.61 Å². The molecule has 1 atom stereocenters. The molecule has 1 amide bonds. The van der Waals surface area contributed by atoms with Gasteiger partial charge >= 0.3 is 0 Å². The van der Waals surface area contributed by atoms with Gasteiger partial charge < -0.3 is 10.4 Å². The first-order valence-electron chi connectivity index (χ1n) is 7.97. The van der Waals surface area contributed by atoms with Crippen molar-refractivity contribution in [2.24, 2.45) is 0 Å². The number of carbonyl (C=O) groups is 1. The minimum atomic E-state index is -0.201. The molecular weight excluding hydrogens is 304 g/mol.